The molecule has 1 aromatic heterocycles. The first-order valence-corrected chi connectivity index (χ1v) is 7.82. The number of hydrogen-bond acceptors (Lipinski definition) is 4. The number of carbonyl (C=O) groups excluding carboxylic acids is 1. The molecule has 1 amide bonds. The lowest BCUT2D eigenvalue weighted by molar-refractivity contribution is -0.384. The predicted molar refractivity (Wildman–Crippen MR) is 94.6 cm³/mol. The zero-order chi connectivity index (χ0) is 17.8. The number of para-hydroxylation sites is 1. The van der Waals surface area contributed by atoms with E-state index < -0.39 is 10.8 Å². The third kappa shape index (κ3) is 3.58. The summed E-state index contributed by atoms with van der Waals surface area (Å²) in [5, 5.41) is 13.9. The molecule has 0 aliphatic carbocycles. The van der Waals surface area contributed by atoms with Gasteiger partial charge in [-0.1, -0.05) is 31.2 Å². The Kier molecular flexibility index (Phi) is 4.61. The number of carbonyl (C=O) groups is 1. The SMILES string of the molecule is CCc1ccc(NC(=O)c2ccc(-c3ccccc3[N+](=O)[O-])o2)cc1. The molecule has 2 aromatic carbocycles. The van der Waals surface area contributed by atoms with E-state index in [1.807, 2.05) is 24.3 Å². The minimum Gasteiger partial charge on any atom is -0.451 e. The van der Waals surface area contributed by atoms with Gasteiger partial charge in [0.1, 0.15) is 5.76 Å². The van der Waals surface area contributed by atoms with E-state index in [9.17, 15) is 14.9 Å². The molecule has 0 bridgehead atoms. The Morgan fingerprint density at radius 3 is 2.48 bits per heavy atom. The number of rotatable bonds is 5. The molecule has 0 saturated heterocycles. The number of nitrogens with zero attached hydrogens (tertiary/aromatic N) is 1. The van der Waals surface area contributed by atoms with Gasteiger partial charge in [-0.25, -0.2) is 0 Å². The van der Waals surface area contributed by atoms with Crippen molar-refractivity contribution in [3.8, 4) is 11.3 Å². The van der Waals surface area contributed by atoms with Crippen LogP contribution < -0.4 is 5.32 Å². The maximum absolute atomic E-state index is 12.3. The van der Waals surface area contributed by atoms with Crippen molar-refractivity contribution >= 4 is 17.3 Å². The number of hydrogen-bond donors (Lipinski definition) is 1. The largest absolute Gasteiger partial charge is 0.451 e. The van der Waals surface area contributed by atoms with Crippen molar-refractivity contribution in [1.82, 2.24) is 0 Å². The second-order valence-corrected chi connectivity index (χ2v) is 5.44. The number of furan rings is 1. The monoisotopic (exact) mass is 336 g/mol. The Balaban J connectivity index is 1.81. The van der Waals surface area contributed by atoms with Crippen molar-refractivity contribution in [3.05, 3.63) is 82.1 Å². The van der Waals surface area contributed by atoms with Gasteiger partial charge in [0, 0.05) is 11.8 Å². The van der Waals surface area contributed by atoms with Gasteiger partial charge in [-0.05, 0) is 42.3 Å². The van der Waals surface area contributed by atoms with E-state index >= 15 is 0 Å². The van der Waals surface area contributed by atoms with Crippen LogP contribution in [0.1, 0.15) is 23.0 Å². The molecule has 6 heteroatoms. The van der Waals surface area contributed by atoms with Crippen LogP contribution in [-0.2, 0) is 6.42 Å². The van der Waals surface area contributed by atoms with E-state index in [-0.39, 0.29) is 17.2 Å². The molecule has 0 unspecified atom stereocenters. The molecule has 0 aliphatic heterocycles. The minimum atomic E-state index is -0.479. The van der Waals surface area contributed by atoms with Gasteiger partial charge in [-0.15, -0.1) is 0 Å². The normalized spacial score (nSPS) is 10.4. The first-order valence-electron chi connectivity index (χ1n) is 7.82. The number of nitro groups is 1. The highest BCUT2D eigenvalue weighted by Gasteiger charge is 2.19. The molecule has 25 heavy (non-hydrogen) atoms. The van der Waals surface area contributed by atoms with Gasteiger partial charge in [0.15, 0.2) is 5.76 Å². The minimum absolute atomic E-state index is 0.0704. The molecular weight excluding hydrogens is 320 g/mol. The first-order chi connectivity index (χ1) is 12.1. The van der Waals surface area contributed by atoms with Gasteiger partial charge >= 0.3 is 0 Å². The summed E-state index contributed by atoms with van der Waals surface area (Å²) in [6.07, 6.45) is 0.922. The fraction of sp³-hybridized carbons (Fsp3) is 0.105. The Hall–Kier alpha value is -3.41. The van der Waals surface area contributed by atoms with Gasteiger partial charge in [-0.3, -0.25) is 14.9 Å². The highest BCUT2D eigenvalue weighted by atomic mass is 16.6. The zero-order valence-corrected chi connectivity index (χ0v) is 13.6. The summed E-state index contributed by atoms with van der Waals surface area (Å²) in [5.41, 5.74) is 2.10. The van der Waals surface area contributed by atoms with Crippen LogP contribution >= 0.6 is 0 Å². The highest BCUT2D eigenvalue weighted by molar-refractivity contribution is 6.02. The number of amides is 1. The van der Waals surface area contributed by atoms with Gasteiger partial charge in [-0.2, -0.15) is 0 Å². The first kappa shape index (κ1) is 16.4. The average molecular weight is 336 g/mol. The number of aryl methyl sites for hydroxylation is 1. The fourth-order valence-corrected chi connectivity index (χ4v) is 2.46. The lowest BCUT2D eigenvalue weighted by Gasteiger charge is -2.04. The molecule has 0 fully saturated rings. The second kappa shape index (κ2) is 7.00. The Bertz CT molecular complexity index is 913. The van der Waals surface area contributed by atoms with Crippen LogP contribution in [-0.4, -0.2) is 10.8 Å². The molecule has 6 nitrogen and oxygen atoms in total. The van der Waals surface area contributed by atoms with Crippen molar-refractivity contribution in [2.75, 3.05) is 5.32 Å². The van der Waals surface area contributed by atoms with E-state index in [0.29, 0.717) is 11.3 Å². The summed E-state index contributed by atoms with van der Waals surface area (Å²) in [5.74, 6) is -0.0411. The van der Waals surface area contributed by atoms with Crippen molar-refractivity contribution in [2.45, 2.75) is 13.3 Å². The van der Waals surface area contributed by atoms with Crippen LogP contribution in [0.15, 0.2) is 65.1 Å². The standard InChI is InChI=1S/C19H16N2O4/c1-2-13-7-9-14(10-8-13)20-19(22)18-12-11-17(25-18)15-5-3-4-6-16(15)21(23)24/h3-12H,2H2,1H3,(H,20,22). The van der Waals surface area contributed by atoms with E-state index in [1.54, 1.807) is 24.3 Å². The van der Waals surface area contributed by atoms with Gasteiger partial charge < -0.3 is 9.73 Å². The zero-order valence-electron chi connectivity index (χ0n) is 13.6. The van der Waals surface area contributed by atoms with Crippen molar-refractivity contribution < 1.29 is 14.1 Å². The van der Waals surface area contributed by atoms with Crippen molar-refractivity contribution in [3.63, 3.8) is 0 Å². The molecule has 126 valence electrons. The molecule has 3 aromatic rings. The maximum Gasteiger partial charge on any atom is 0.291 e. The molecule has 0 radical (unpaired) electrons. The number of nitrogens with one attached hydrogen (secondary N) is 1. The Labute approximate surface area is 144 Å². The van der Waals surface area contributed by atoms with Crippen LogP contribution in [0.2, 0.25) is 0 Å². The van der Waals surface area contributed by atoms with E-state index in [0.717, 1.165) is 6.42 Å². The molecule has 1 N–H and O–H groups in total. The summed E-state index contributed by atoms with van der Waals surface area (Å²) < 4.78 is 5.52. The van der Waals surface area contributed by atoms with Crippen molar-refractivity contribution in [1.29, 1.82) is 0 Å². The molecule has 0 saturated carbocycles. The summed E-state index contributed by atoms with van der Waals surface area (Å²) in [6, 6.07) is 16.8. The third-order valence-corrected chi connectivity index (χ3v) is 3.82. The smallest absolute Gasteiger partial charge is 0.291 e. The molecule has 0 atom stereocenters. The van der Waals surface area contributed by atoms with Crippen LogP contribution in [0.4, 0.5) is 11.4 Å². The molecule has 0 spiro atoms. The fourth-order valence-electron chi connectivity index (χ4n) is 2.46. The predicted octanol–water partition coefficient (Wildman–Crippen LogP) is 4.67. The number of nitro benzene ring substituents is 1. The lowest BCUT2D eigenvalue weighted by Crippen LogP contribution is -2.10. The number of benzene rings is 2. The lowest BCUT2D eigenvalue weighted by atomic mass is 10.1. The molecule has 1 heterocycles. The second-order valence-electron chi connectivity index (χ2n) is 5.44. The van der Waals surface area contributed by atoms with E-state index in [1.165, 1.54) is 17.7 Å². The van der Waals surface area contributed by atoms with Crippen LogP contribution in [0, 0.1) is 10.1 Å². The Morgan fingerprint density at radius 1 is 1.08 bits per heavy atom. The van der Waals surface area contributed by atoms with Gasteiger partial charge in [0.2, 0.25) is 0 Å². The van der Waals surface area contributed by atoms with Gasteiger partial charge in [0.25, 0.3) is 11.6 Å². The van der Waals surface area contributed by atoms with Crippen LogP contribution in [0.25, 0.3) is 11.3 Å². The molecular formula is C19H16N2O4. The molecule has 0 aliphatic rings. The molecule has 3 rings (SSSR count). The maximum atomic E-state index is 12.3. The third-order valence-electron chi connectivity index (χ3n) is 3.82. The quantitative estimate of drug-likeness (QED) is 0.542. The van der Waals surface area contributed by atoms with E-state index in [2.05, 4.69) is 12.2 Å². The summed E-state index contributed by atoms with van der Waals surface area (Å²) in [7, 11) is 0. The van der Waals surface area contributed by atoms with Crippen LogP contribution in [0.3, 0.4) is 0 Å². The summed E-state index contributed by atoms with van der Waals surface area (Å²) in [6.45, 7) is 2.06. The summed E-state index contributed by atoms with van der Waals surface area (Å²) >= 11 is 0. The van der Waals surface area contributed by atoms with E-state index in [4.69, 9.17) is 4.42 Å². The average Bonchev–Trinajstić information content (AvgIpc) is 3.12. The topological polar surface area (TPSA) is 85.4 Å². The highest BCUT2D eigenvalue weighted by Crippen LogP contribution is 2.31. The van der Waals surface area contributed by atoms with Gasteiger partial charge in [0.05, 0.1) is 10.5 Å². The van der Waals surface area contributed by atoms with Crippen LogP contribution in [0.5, 0.6) is 0 Å². The Morgan fingerprint density at radius 2 is 1.80 bits per heavy atom. The van der Waals surface area contributed by atoms with Crippen molar-refractivity contribution in [2.24, 2.45) is 0 Å². The number of anilines is 1. The summed E-state index contributed by atoms with van der Waals surface area (Å²) in [4.78, 5) is 22.9.